The number of carbonyl (C=O) groups is 1. The van der Waals surface area contributed by atoms with Gasteiger partial charge in [-0.15, -0.1) is 0 Å². The van der Waals surface area contributed by atoms with Crippen molar-refractivity contribution in [3.63, 3.8) is 0 Å². The van der Waals surface area contributed by atoms with Crippen LogP contribution in [0.4, 0.5) is 0 Å². The molecule has 12 heavy (non-hydrogen) atoms. The smallest absolute Gasteiger partial charge is 0.151 e. The van der Waals surface area contributed by atoms with Crippen LogP contribution < -0.4 is 5.32 Å². The van der Waals surface area contributed by atoms with Crippen molar-refractivity contribution in [3.8, 4) is 0 Å². The third kappa shape index (κ3) is 1.38. The summed E-state index contributed by atoms with van der Waals surface area (Å²) in [5.41, 5.74) is 1.02. The fourth-order valence-electron chi connectivity index (χ4n) is 1.46. The monoisotopic (exact) mass is 165 g/mol. The fourth-order valence-corrected chi connectivity index (χ4v) is 1.46. The molecule has 0 aromatic carbocycles. The number of H-pyrrole nitrogens is 1. The Morgan fingerprint density at radius 3 is 3.17 bits per heavy atom. The van der Waals surface area contributed by atoms with Gasteiger partial charge >= 0.3 is 0 Å². The van der Waals surface area contributed by atoms with Crippen molar-refractivity contribution >= 4 is 5.78 Å². The van der Waals surface area contributed by atoms with E-state index < -0.39 is 0 Å². The van der Waals surface area contributed by atoms with Crippen molar-refractivity contribution in [2.45, 2.75) is 18.9 Å². The van der Waals surface area contributed by atoms with E-state index in [1.54, 1.807) is 12.5 Å². The lowest BCUT2D eigenvalue weighted by atomic mass is 10.1. The van der Waals surface area contributed by atoms with Crippen LogP contribution in [0.15, 0.2) is 12.5 Å². The SMILES string of the molecule is O=C1CCNC1Cc1cnc[nH]1. The van der Waals surface area contributed by atoms with Crippen LogP contribution in [0, 0.1) is 0 Å². The zero-order valence-corrected chi connectivity index (χ0v) is 6.71. The van der Waals surface area contributed by atoms with Crippen molar-refractivity contribution in [2.24, 2.45) is 0 Å². The van der Waals surface area contributed by atoms with Gasteiger partial charge in [-0.05, 0) is 0 Å². The van der Waals surface area contributed by atoms with E-state index in [4.69, 9.17) is 0 Å². The van der Waals surface area contributed by atoms with Crippen LogP contribution in [0.1, 0.15) is 12.1 Å². The number of aromatic amines is 1. The number of rotatable bonds is 2. The third-order valence-electron chi connectivity index (χ3n) is 2.13. The minimum atomic E-state index is 0.00505. The molecule has 1 saturated heterocycles. The summed E-state index contributed by atoms with van der Waals surface area (Å²) in [6, 6.07) is 0.00505. The van der Waals surface area contributed by atoms with E-state index in [1.165, 1.54) is 0 Å². The van der Waals surface area contributed by atoms with E-state index in [0.29, 0.717) is 12.2 Å². The zero-order chi connectivity index (χ0) is 8.39. The first-order valence-electron chi connectivity index (χ1n) is 4.09. The molecule has 2 heterocycles. The highest BCUT2D eigenvalue weighted by atomic mass is 16.1. The Morgan fingerprint density at radius 1 is 1.67 bits per heavy atom. The van der Waals surface area contributed by atoms with Gasteiger partial charge in [0.15, 0.2) is 5.78 Å². The van der Waals surface area contributed by atoms with E-state index in [-0.39, 0.29) is 6.04 Å². The molecule has 1 aromatic rings. The van der Waals surface area contributed by atoms with Crippen LogP contribution in [0.25, 0.3) is 0 Å². The molecule has 1 unspecified atom stereocenters. The van der Waals surface area contributed by atoms with Crippen molar-refractivity contribution in [2.75, 3.05) is 6.54 Å². The minimum absolute atomic E-state index is 0.00505. The second kappa shape index (κ2) is 3.06. The molecule has 0 radical (unpaired) electrons. The molecule has 2 rings (SSSR count). The maximum absolute atomic E-state index is 11.2. The first-order valence-corrected chi connectivity index (χ1v) is 4.09. The number of nitrogens with one attached hydrogen (secondary N) is 2. The summed E-state index contributed by atoms with van der Waals surface area (Å²) in [4.78, 5) is 18.1. The van der Waals surface area contributed by atoms with Gasteiger partial charge in [-0.2, -0.15) is 0 Å². The fraction of sp³-hybridized carbons (Fsp3) is 0.500. The van der Waals surface area contributed by atoms with Crippen LogP contribution >= 0.6 is 0 Å². The number of imidazole rings is 1. The summed E-state index contributed by atoms with van der Waals surface area (Å²) in [5, 5.41) is 3.15. The Kier molecular flexibility index (Phi) is 1.91. The highest BCUT2D eigenvalue weighted by molar-refractivity contribution is 5.86. The average molecular weight is 165 g/mol. The van der Waals surface area contributed by atoms with Crippen LogP contribution in [0.5, 0.6) is 0 Å². The van der Waals surface area contributed by atoms with E-state index in [2.05, 4.69) is 15.3 Å². The summed E-state index contributed by atoms with van der Waals surface area (Å²) in [6.07, 6.45) is 4.79. The van der Waals surface area contributed by atoms with Gasteiger partial charge in [-0.3, -0.25) is 4.79 Å². The lowest BCUT2D eigenvalue weighted by Crippen LogP contribution is -2.29. The molecule has 64 valence electrons. The second-order valence-electron chi connectivity index (χ2n) is 3.00. The molecule has 1 atom stereocenters. The summed E-state index contributed by atoms with van der Waals surface area (Å²) in [5.74, 6) is 0.310. The Balaban J connectivity index is 1.99. The Labute approximate surface area is 70.4 Å². The molecule has 0 amide bonds. The Hall–Kier alpha value is -1.16. The van der Waals surface area contributed by atoms with E-state index >= 15 is 0 Å². The normalized spacial score (nSPS) is 23.3. The van der Waals surface area contributed by atoms with Gasteiger partial charge in [0.05, 0.1) is 12.4 Å². The molecular formula is C8H11N3O. The standard InChI is InChI=1S/C8H11N3O/c12-8-1-2-10-7(8)3-6-4-9-5-11-6/h4-5,7,10H,1-3H2,(H,9,11). The summed E-state index contributed by atoms with van der Waals surface area (Å²) in [6.45, 7) is 0.817. The van der Waals surface area contributed by atoms with Gasteiger partial charge in [-0.25, -0.2) is 4.98 Å². The predicted octanol–water partition coefficient (Wildman–Crippen LogP) is -0.117. The molecule has 4 nitrogen and oxygen atoms in total. The first kappa shape index (κ1) is 7.49. The number of hydrogen-bond donors (Lipinski definition) is 2. The topological polar surface area (TPSA) is 57.8 Å². The first-order chi connectivity index (χ1) is 5.86. The van der Waals surface area contributed by atoms with Crippen molar-refractivity contribution in [1.29, 1.82) is 0 Å². The predicted molar refractivity (Wildman–Crippen MR) is 43.7 cm³/mol. The van der Waals surface area contributed by atoms with Gasteiger partial charge in [0.25, 0.3) is 0 Å². The van der Waals surface area contributed by atoms with E-state index in [1.807, 2.05) is 0 Å². The third-order valence-corrected chi connectivity index (χ3v) is 2.13. The maximum Gasteiger partial charge on any atom is 0.151 e. The number of carbonyl (C=O) groups excluding carboxylic acids is 1. The average Bonchev–Trinajstić information content (AvgIpc) is 2.65. The van der Waals surface area contributed by atoms with Crippen LogP contribution in [-0.2, 0) is 11.2 Å². The Morgan fingerprint density at radius 2 is 2.58 bits per heavy atom. The molecule has 1 aliphatic rings. The molecule has 0 aliphatic carbocycles. The van der Waals surface area contributed by atoms with Crippen LogP contribution in [0.3, 0.4) is 0 Å². The molecule has 2 N–H and O–H groups in total. The highest BCUT2D eigenvalue weighted by Crippen LogP contribution is 2.06. The van der Waals surface area contributed by atoms with Crippen LogP contribution in [0.2, 0.25) is 0 Å². The number of hydrogen-bond acceptors (Lipinski definition) is 3. The molecule has 4 heteroatoms. The van der Waals surface area contributed by atoms with Crippen molar-refractivity contribution < 1.29 is 4.79 Å². The number of nitrogens with zero attached hydrogens (tertiary/aromatic N) is 1. The zero-order valence-electron chi connectivity index (χ0n) is 6.71. The van der Waals surface area contributed by atoms with Gasteiger partial charge in [0.1, 0.15) is 0 Å². The molecule has 0 bridgehead atoms. The van der Waals surface area contributed by atoms with Crippen molar-refractivity contribution in [3.05, 3.63) is 18.2 Å². The molecular weight excluding hydrogens is 154 g/mol. The molecule has 1 aromatic heterocycles. The van der Waals surface area contributed by atoms with Gasteiger partial charge < -0.3 is 10.3 Å². The summed E-state index contributed by atoms with van der Waals surface area (Å²) < 4.78 is 0. The van der Waals surface area contributed by atoms with Gasteiger partial charge in [0.2, 0.25) is 0 Å². The lowest BCUT2D eigenvalue weighted by molar-refractivity contribution is -0.118. The number of ketones is 1. The number of Topliss-reactive ketones (excluding diaryl/α,β-unsaturated/α-hetero) is 1. The van der Waals surface area contributed by atoms with Crippen molar-refractivity contribution in [1.82, 2.24) is 15.3 Å². The minimum Gasteiger partial charge on any atom is -0.348 e. The number of aromatic nitrogens is 2. The van der Waals surface area contributed by atoms with Crippen LogP contribution in [-0.4, -0.2) is 28.3 Å². The molecule has 0 spiro atoms. The van der Waals surface area contributed by atoms with Gasteiger partial charge in [0, 0.05) is 31.3 Å². The largest absolute Gasteiger partial charge is 0.348 e. The van der Waals surface area contributed by atoms with E-state index in [0.717, 1.165) is 18.7 Å². The van der Waals surface area contributed by atoms with E-state index in [9.17, 15) is 4.79 Å². The quantitative estimate of drug-likeness (QED) is 0.642. The lowest BCUT2D eigenvalue weighted by Gasteiger charge is -2.05. The van der Waals surface area contributed by atoms with Gasteiger partial charge in [-0.1, -0.05) is 0 Å². The Bertz CT molecular complexity index is 268. The highest BCUT2D eigenvalue weighted by Gasteiger charge is 2.23. The molecule has 1 aliphatic heterocycles. The second-order valence-corrected chi connectivity index (χ2v) is 3.00. The maximum atomic E-state index is 11.2. The molecule has 0 saturated carbocycles. The summed E-state index contributed by atoms with van der Waals surface area (Å²) >= 11 is 0. The summed E-state index contributed by atoms with van der Waals surface area (Å²) in [7, 11) is 0. The molecule has 1 fully saturated rings.